The van der Waals surface area contributed by atoms with Crippen LogP contribution in [0, 0.1) is 5.82 Å². The number of aromatic amines is 1. The molecule has 2 aliphatic heterocycles. The fourth-order valence-electron chi connectivity index (χ4n) is 5.20. The molecule has 3 aromatic rings. The smallest absolute Gasteiger partial charge is 0.379 e. The van der Waals surface area contributed by atoms with Crippen molar-refractivity contribution in [2.24, 2.45) is 0 Å². The Morgan fingerprint density at radius 2 is 1.58 bits per heavy atom. The van der Waals surface area contributed by atoms with Crippen molar-refractivity contribution in [3.05, 3.63) is 81.9 Å². The van der Waals surface area contributed by atoms with E-state index < -0.39 is 47.7 Å². The lowest BCUT2D eigenvalue weighted by Gasteiger charge is -2.42. The molecule has 2 unspecified atom stereocenters. The zero-order valence-corrected chi connectivity index (χ0v) is 23.1. The average Bonchev–Trinajstić information content (AvgIpc) is 3.39. The summed E-state index contributed by atoms with van der Waals surface area (Å²) in [6, 6.07) is 6.23. The van der Waals surface area contributed by atoms with E-state index in [0.29, 0.717) is 49.7 Å². The highest BCUT2D eigenvalue weighted by Gasteiger charge is 2.39. The number of nitrogens with zero attached hydrogens (tertiary/aromatic N) is 4. The molecular weight excluding hydrogens is 587 g/mol. The molecule has 8 nitrogen and oxygen atoms in total. The van der Waals surface area contributed by atoms with E-state index in [1.54, 1.807) is 0 Å². The zero-order valence-electron chi connectivity index (χ0n) is 23.1. The first-order chi connectivity index (χ1) is 20.4. The van der Waals surface area contributed by atoms with Gasteiger partial charge in [0.05, 0.1) is 48.8 Å². The third-order valence-electron chi connectivity index (χ3n) is 7.48. The molecule has 3 atom stereocenters. The van der Waals surface area contributed by atoms with Crippen LogP contribution in [-0.4, -0.2) is 71.0 Å². The van der Waals surface area contributed by atoms with Gasteiger partial charge in [0, 0.05) is 32.7 Å². The van der Waals surface area contributed by atoms with Crippen LogP contribution in [-0.2, 0) is 39.7 Å². The van der Waals surface area contributed by atoms with Crippen LogP contribution in [0.1, 0.15) is 52.7 Å². The number of morpholine rings is 2. The molecule has 0 radical (unpaired) electrons. The van der Waals surface area contributed by atoms with E-state index in [1.807, 2.05) is 4.90 Å². The first kappa shape index (κ1) is 31.3. The predicted molar refractivity (Wildman–Crippen MR) is 138 cm³/mol. The summed E-state index contributed by atoms with van der Waals surface area (Å²) in [6.45, 7) is 5.45. The largest absolute Gasteiger partial charge is 0.416 e. The van der Waals surface area contributed by atoms with Crippen LogP contribution in [0.4, 0.5) is 30.7 Å². The lowest BCUT2D eigenvalue weighted by Crippen LogP contribution is -2.46. The molecule has 0 amide bonds. The Morgan fingerprint density at radius 3 is 2.21 bits per heavy atom. The average molecular weight is 618 g/mol. The minimum atomic E-state index is -5.00. The Bertz CT molecular complexity index is 1330. The highest BCUT2D eigenvalue weighted by Crippen LogP contribution is 2.40. The van der Waals surface area contributed by atoms with Crippen molar-refractivity contribution >= 4 is 0 Å². The second-order valence-corrected chi connectivity index (χ2v) is 10.4. The molecule has 3 heterocycles. The van der Waals surface area contributed by atoms with Gasteiger partial charge in [-0.05, 0) is 48.4 Å². The number of rotatable bonds is 8. The molecule has 0 spiro atoms. The summed E-state index contributed by atoms with van der Waals surface area (Å²) in [5.41, 5.74) is -1.16. The Hall–Kier alpha value is -3.11. The summed E-state index contributed by atoms with van der Waals surface area (Å²) in [7, 11) is 0. The first-order valence-electron chi connectivity index (χ1n) is 13.6. The molecule has 2 aromatic carbocycles. The summed E-state index contributed by atoms with van der Waals surface area (Å²) < 4.78 is 112. The first-order valence-corrected chi connectivity index (χ1v) is 13.6. The van der Waals surface area contributed by atoms with Gasteiger partial charge in [-0.15, -0.1) is 5.10 Å². The van der Waals surface area contributed by atoms with E-state index in [9.17, 15) is 30.7 Å². The standard InChI is InChI=1S/C28H30F7N5O3/c1-17(19-12-20(27(30,31)32)14-21(13-19)28(33,34)35)43-26-25(18-2-4-22(29)5-3-18)40(8-11-42-26)16-24-23(36-38-37-24)15-39-6-9-41-10-7-39/h2-5,12-14,17,25-26H,6-11,15-16H2,1H3,(H,36,37,38)/t17-,25?,26?/m1/s1. The molecule has 2 fully saturated rings. The maximum atomic E-state index is 13.8. The molecule has 1 aromatic heterocycles. The van der Waals surface area contributed by atoms with Crippen LogP contribution in [0.5, 0.6) is 0 Å². The van der Waals surface area contributed by atoms with Gasteiger partial charge in [0.15, 0.2) is 6.29 Å². The van der Waals surface area contributed by atoms with Gasteiger partial charge in [-0.1, -0.05) is 17.3 Å². The number of hydrogen-bond acceptors (Lipinski definition) is 7. The number of benzene rings is 2. The number of alkyl halides is 6. The van der Waals surface area contributed by atoms with Crippen molar-refractivity contribution in [1.29, 1.82) is 0 Å². The van der Waals surface area contributed by atoms with Crippen molar-refractivity contribution in [3.8, 4) is 0 Å². The van der Waals surface area contributed by atoms with Crippen LogP contribution in [0.15, 0.2) is 42.5 Å². The number of H-pyrrole nitrogens is 1. The van der Waals surface area contributed by atoms with Gasteiger partial charge < -0.3 is 14.2 Å². The molecule has 5 rings (SSSR count). The lowest BCUT2D eigenvalue weighted by atomic mass is 10.0. The molecule has 0 saturated carbocycles. The summed E-state index contributed by atoms with van der Waals surface area (Å²) in [6.07, 6.45) is -12.3. The van der Waals surface area contributed by atoms with Gasteiger partial charge in [0.2, 0.25) is 0 Å². The van der Waals surface area contributed by atoms with Crippen LogP contribution in [0.3, 0.4) is 0 Å². The van der Waals surface area contributed by atoms with Gasteiger partial charge >= 0.3 is 12.4 Å². The third-order valence-corrected chi connectivity index (χ3v) is 7.48. The van der Waals surface area contributed by atoms with E-state index in [-0.39, 0.29) is 24.8 Å². The molecule has 1 N–H and O–H groups in total. The zero-order chi connectivity index (χ0) is 30.8. The van der Waals surface area contributed by atoms with Crippen molar-refractivity contribution in [3.63, 3.8) is 0 Å². The lowest BCUT2D eigenvalue weighted by molar-refractivity contribution is -0.231. The van der Waals surface area contributed by atoms with Crippen LogP contribution in [0.25, 0.3) is 0 Å². The van der Waals surface area contributed by atoms with E-state index in [2.05, 4.69) is 20.3 Å². The maximum absolute atomic E-state index is 13.8. The van der Waals surface area contributed by atoms with E-state index in [1.165, 1.54) is 31.2 Å². The molecule has 0 aliphatic carbocycles. The van der Waals surface area contributed by atoms with Gasteiger partial charge in [-0.2, -0.15) is 26.3 Å². The fourth-order valence-corrected chi connectivity index (χ4v) is 5.20. The number of hydrogen-bond donors (Lipinski definition) is 1. The molecule has 2 saturated heterocycles. The molecule has 43 heavy (non-hydrogen) atoms. The van der Waals surface area contributed by atoms with Crippen molar-refractivity contribution in [1.82, 2.24) is 25.2 Å². The summed E-state index contributed by atoms with van der Waals surface area (Å²) in [4.78, 5) is 4.15. The van der Waals surface area contributed by atoms with Crippen molar-refractivity contribution < 1.29 is 44.9 Å². The minimum Gasteiger partial charge on any atom is -0.379 e. The number of nitrogens with one attached hydrogen (secondary N) is 1. The Labute approximate surface area is 242 Å². The summed E-state index contributed by atoms with van der Waals surface area (Å²) in [5.74, 6) is -0.481. The SMILES string of the molecule is C[C@@H](OC1OCCN(Cc2nn[nH]c2CN2CCOCC2)C1c1ccc(F)cc1)c1cc(C(F)(F)F)cc(C(F)(F)F)c1. The summed E-state index contributed by atoms with van der Waals surface area (Å²) in [5, 5.41) is 11.2. The monoisotopic (exact) mass is 617 g/mol. The molecule has 234 valence electrons. The number of ether oxygens (including phenoxy) is 3. The van der Waals surface area contributed by atoms with Gasteiger partial charge in [0.1, 0.15) is 11.5 Å². The third kappa shape index (κ3) is 7.70. The van der Waals surface area contributed by atoms with Crippen LogP contribution in [0.2, 0.25) is 0 Å². The quantitative estimate of drug-likeness (QED) is 0.335. The maximum Gasteiger partial charge on any atom is 0.416 e. The van der Waals surface area contributed by atoms with E-state index in [4.69, 9.17) is 14.2 Å². The molecule has 2 aliphatic rings. The summed E-state index contributed by atoms with van der Waals surface area (Å²) >= 11 is 0. The van der Waals surface area contributed by atoms with Crippen LogP contribution >= 0.6 is 0 Å². The fraction of sp³-hybridized carbons (Fsp3) is 0.500. The van der Waals surface area contributed by atoms with E-state index >= 15 is 0 Å². The highest BCUT2D eigenvalue weighted by molar-refractivity contribution is 5.35. The number of halogens is 7. The van der Waals surface area contributed by atoms with Gasteiger partial charge in [-0.3, -0.25) is 14.9 Å². The topological polar surface area (TPSA) is 75.7 Å². The Morgan fingerprint density at radius 1 is 0.930 bits per heavy atom. The van der Waals surface area contributed by atoms with Crippen molar-refractivity contribution in [2.45, 2.75) is 50.8 Å². The van der Waals surface area contributed by atoms with Crippen molar-refractivity contribution in [2.75, 3.05) is 39.5 Å². The molecular formula is C28H30F7N5O3. The second-order valence-electron chi connectivity index (χ2n) is 10.4. The van der Waals surface area contributed by atoms with Gasteiger partial charge in [-0.25, -0.2) is 4.39 Å². The Balaban J connectivity index is 1.42. The molecule has 0 bridgehead atoms. The van der Waals surface area contributed by atoms with Gasteiger partial charge in [0.25, 0.3) is 0 Å². The normalized spacial score (nSPS) is 21.7. The molecule has 15 heteroatoms. The minimum absolute atomic E-state index is 0.0722. The Kier molecular flexibility index (Phi) is 9.37. The van der Waals surface area contributed by atoms with Crippen LogP contribution < -0.4 is 0 Å². The second kappa shape index (κ2) is 12.9. The number of aromatic nitrogens is 3. The highest BCUT2D eigenvalue weighted by atomic mass is 19.4. The van der Waals surface area contributed by atoms with E-state index in [0.717, 1.165) is 18.8 Å². The predicted octanol–water partition coefficient (Wildman–Crippen LogP) is 5.49.